The lowest BCUT2D eigenvalue weighted by molar-refractivity contribution is 0.252. The van der Waals surface area contributed by atoms with Gasteiger partial charge in [-0.15, -0.1) is 0 Å². The molecule has 0 radical (unpaired) electrons. The number of benzene rings is 2. The number of ether oxygens (including phenoxy) is 2. The standard InChI is InChI=1S/C20H22BrN3O3/c1-4-10-27-19-12-16(21)15(11-18(19)26-5-2)13-22-24-20(25)23-17-9-7-6-8-14(17)3/h4,6-9,11-13H,1,5,10H2,2-3H3,(H2,23,24,25). The van der Waals surface area contributed by atoms with Crippen molar-refractivity contribution in [3.8, 4) is 11.5 Å². The minimum absolute atomic E-state index is 0.376. The predicted molar refractivity (Wildman–Crippen MR) is 112 cm³/mol. The third-order valence-electron chi connectivity index (χ3n) is 3.48. The van der Waals surface area contributed by atoms with Gasteiger partial charge in [0.15, 0.2) is 11.5 Å². The van der Waals surface area contributed by atoms with E-state index in [1.807, 2.05) is 38.1 Å². The zero-order valence-corrected chi connectivity index (χ0v) is 16.9. The summed E-state index contributed by atoms with van der Waals surface area (Å²) >= 11 is 3.47. The van der Waals surface area contributed by atoms with Crippen molar-refractivity contribution in [2.45, 2.75) is 13.8 Å². The number of carbonyl (C=O) groups is 1. The maximum atomic E-state index is 12.0. The fraction of sp³-hybridized carbons (Fsp3) is 0.200. The number of aryl methyl sites for hydroxylation is 1. The molecule has 0 atom stereocenters. The van der Waals surface area contributed by atoms with Gasteiger partial charge in [0.25, 0.3) is 0 Å². The fourth-order valence-corrected chi connectivity index (χ4v) is 2.63. The molecule has 0 saturated heterocycles. The average molecular weight is 432 g/mol. The first kappa shape index (κ1) is 20.5. The number of hydrogen-bond donors (Lipinski definition) is 2. The van der Waals surface area contributed by atoms with E-state index in [0.29, 0.717) is 24.7 Å². The van der Waals surface area contributed by atoms with Crippen molar-refractivity contribution in [3.63, 3.8) is 0 Å². The molecule has 0 fully saturated rings. The zero-order valence-electron chi connectivity index (χ0n) is 15.3. The van der Waals surface area contributed by atoms with Gasteiger partial charge in [-0.25, -0.2) is 10.2 Å². The highest BCUT2D eigenvalue weighted by atomic mass is 79.9. The Morgan fingerprint density at radius 2 is 2.00 bits per heavy atom. The van der Waals surface area contributed by atoms with E-state index >= 15 is 0 Å². The molecule has 27 heavy (non-hydrogen) atoms. The Labute approximate surface area is 167 Å². The Morgan fingerprint density at radius 1 is 1.26 bits per heavy atom. The first-order valence-corrected chi connectivity index (χ1v) is 9.20. The summed E-state index contributed by atoms with van der Waals surface area (Å²) in [6, 6.07) is 10.7. The van der Waals surface area contributed by atoms with Crippen molar-refractivity contribution in [2.75, 3.05) is 18.5 Å². The van der Waals surface area contributed by atoms with Gasteiger partial charge in [-0.1, -0.05) is 30.9 Å². The molecule has 0 aromatic heterocycles. The Hall–Kier alpha value is -2.80. The highest BCUT2D eigenvalue weighted by molar-refractivity contribution is 9.10. The molecule has 2 rings (SSSR count). The van der Waals surface area contributed by atoms with Crippen LogP contribution in [-0.2, 0) is 0 Å². The van der Waals surface area contributed by atoms with Crippen LogP contribution < -0.4 is 20.2 Å². The summed E-state index contributed by atoms with van der Waals surface area (Å²) in [7, 11) is 0. The van der Waals surface area contributed by atoms with Gasteiger partial charge in [-0.2, -0.15) is 5.10 Å². The largest absolute Gasteiger partial charge is 0.490 e. The molecule has 2 amide bonds. The van der Waals surface area contributed by atoms with Crippen LogP contribution >= 0.6 is 15.9 Å². The molecule has 0 heterocycles. The summed E-state index contributed by atoms with van der Waals surface area (Å²) in [6.45, 7) is 8.33. The molecule has 142 valence electrons. The van der Waals surface area contributed by atoms with E-state index in [2.05, 4.69) is 38.4 Å². The van der Waals surface area contributed by atoms with E-state index in [1.165, 1.54) is 6.21 Å². The van der Waals surface area contributed by atoms with Gasteiger partial charge in [0.1, 0.15) is 6.61 Å². The number of urea groups is 1. The lowest BCUT2D eigenvalue weighted by atomic mass is 10.2. The van der Waals surface area contributed by atoms with E-state index in [1.54, 1.807) is 18.2 Å². The van der Waals surface area contributed by atoms with Crippen molar-refractivity contribution in [1.29, 1.82) is 0 Å². The van der Waals surface area contributed by atoms with Crippen molar-refractivity contribution in [2.24, 2.45) is 5.10 Å². The summed E-state index contributed by atoms with van der Waals surface area (Å²) in [5.74, 6) is 1.19. The number of nitrogens with zero attached hydrogens (tertiary/aromatic N) is 1. The number of nitrogens with one attached hydrogen (secondary N) is 2. The molecule has 0 spiro atoms. The Bertz CT molecular complexity index is 837. The molecular formula is C20H22BrN3O3. The van der Waals surface area contributed by atoms with Crippen LogP contribution in [0.2, 0.25) is 0 Å². The SMILES string of the molecule is C=CCOc1cc(Br)c(C=NNC(=O)Nc2ccccc2C)cc1OCC. The van der Waals surface area contributed by atoms with Crippen LogP contribution in [0.1, 0.15) is 18.1 Å². The molecule has 7 heteroatoms. The minimum Gasteiger partial charge on any atom is -0.490 e. The number of anilines is 1. The molecule has 0 aliphatic carbocycles. The number of amides is 2. The Morgan fingerprint density at radius 3 is 2.70 bits per heavy atom. The van der Waals surface area contributed by atoms with Gasteiger partial charge in [0.2, 0.25) is 0 Å². The van der Waals surface area contributed by atoms with Crippen LogP contribution in [0.4, 0.5) is 10.5 Å². The van der Waals surface area contributed by atoms with Crippen molar-refractivity contribution < 1.29 is 14.3 Å². The molecule has 2 aromatic carbocycles. The summed E-state index contributed by atoms with van der Waals surface area (Å²) < 4.78 is 12.0. The molecule has 0 bridgehead atoms. The fourth-order valence-electron chi connectivity index (χ4n) is 2.20. The Kier molecular flexibility index (Phi) is 7.88. The lowest BCUT2D eigenvalue weighted by Gasteiger charge is -2.12. The van der Waals surface area contributed by atoms with E-state index in [9.17, 15) is 4.79 Å². The number of carbonyl (C=O) groups excluding carboxylic acids is 1. The minimum atomic E-state index is -0.423. The second-order valence-electron chi connectivity index (χ2n) is 5.49. The van der Waals surface area contributed by atoms with Crippen LogP contribution in [0.5, 0.6) is 11.5 Å². The second kappa shape index (κ2) is 10.4. The summed E-state index contributed by atoms with van der Waals surface area (Å²) in [4.78, 5) is 12.0. The van der Waals surface area contributed by atoms with Crippen molar-refractivity contribution in [1.82, 2.24) is 5.43 Å². The van der Waals surface area contributed by atoms with Crippen molar-refractivity contribution in [3.05, 3.63) is 64.7 Å². The topological polar surface area (TPSA) is 72.0 Å². The van der Waals surface area contributed by atoms with Crippen molar-refractivity contribution >= 4 is 33.9 Å². The maximum absolute atomic E-state index is 12.0. The quantitative estimate of drug-likeness (QED) is 0.355. The smallest absolute Gasteiger partial charge is 0.339 e. The van der Waals surface area contributed by atoms with Crippen LogP contribution in [-0.4, -0.2) is 25.5 Å². The second-order valence-corrected chi connectivity index (χ2v) is 6.35. The predicted octanol–water partition coefficient (Wildman–Crippen LogP) is 4.88. The normalized spacial score (nSPS) is 10.5. The van der Waals surface area contributed by atoms with Gasteiger partial charge in [0, 0.05) is 15.7 Å². The highest BCUT2D eigenvalue weighted by Gasteiger charge is 2.10. The van der Waals surface area contributed by atoms with E-state index in [4.69, 9.17) is 9.47 Å². The molecule has 2 N–H and O–H groups in total. The molecule has 0 aliphatic rings. The van der Waals surface area contributed by atoms with Crippen LogP contribution in [0.3, 0.4) is 0 Å². The summed E-state index contributed by atoms with van der Waals surface area (Å²) in [5, 5.41) is 6.74. The third kappa shape index (κ3) is 6.14. The molecule has 0 unspecified atom stereocenters. The van der Waals surface area contributed by atoms with Gasteiger partial charge >= 0.3 is 6.03 Å². The summed E-state index contributed by atoms with van der Waals surface area (Å²) in [5.41, 5.74) is 4.88. The van der Waals surface area contributed by atoms with Crippen LogP contribution in [0, 0.1) is 6.92 Å². The van der Waals surface area contributed by atoms with Crippen LogP contribution in [0.15, 0.2) is 58.6 Å². The lowest BCUT2D eigenvalue weighted by Crippen LogP contribution is -2.24. The van der Waals surface area contributed by atoms with Gasteiger partial charge in [0.05, 0.1) is 12.8 Å². The number of halogens is 1. The van der Waals surface area contributed by atoms with E-state index in [-0.39, 0.29) is 0 Å². The highest BCUT2D eigenvalue weighted by Crippen LogP contribution is 2.33. The summed E-state index contributed by atoms with van der Waals surface area (Å²) in [6.07, 6.45) is 3.19. The zero-order chi connectivity index (χ0) is 19.6. The van der Waals surface area contributed by atoms with Gasteiger partial charge in [-0.3, -0.25) is 0 Å². The molecular weight excluding hydrogens is 410 g/mol. The molecule has 0 saturated carbocycles. The molecule has 2 aromatic rings. The number of rotatable bonds is 8. The maximum Gasteiger partial charge on any atom is 0.339 e. The molecule has 0 aliphatic heterocycles. The monoisotopic (exact) mass is 431 g/mol. The van der Waals surface area contributed by atoms with Gasteiger partial charge in [-0.05, 0) is 53.5 Å². The first-order chi connectivity index (χ1) is 13.0. The molecule has 6 nitrogen and oxygen atoms in total. The van der Waals surface area contributed by atoms with Crippen LogP contribution in [0.25, 0.3) is 0 Å². The Balaban J connectivity index is 2.06. The van der Waals surface area contributed by atoms with Gasteiger partial charge < -0.3 is 14.8 Å². The van der Waals surface area contributed by atoms with E-state index < -0.39 is 6.03 Å². The van der Waals surface area contributed by atoms with E-state index in [0.717, 1.165) is 21.3 Å². The number of para-hydroxylation sites is 1. The third-order valence-corrected chi connectivity index (χ3v) is 4.17. The average Bonchev–Trinajstić information content (AvgIpc) is 2.65. The number of hydrogen-bond acceptors (Lipinski definition) is 4. The first-order valence-electron chi connectivity index (χ1n) is 8.40. The number of hydrazone groups is 1.